The smallest absolute Gasteiger partial charge is 0.349 e. The van der Waals surface area contributed by atoms with Crippen molar-refractivity contribution in [3.05, 3.63) is 0 Å². The Kier molecular flexibility index (Phi) is 2.59. The van der Waals surface area contributed by atoms with Gasteiger partial charge in [-0.1, -0.05) is 0 Å². The van der Waals surface area contributed by atoms with E-state index in [0.29, 0.717) is 0 Å². The molecule has 0 bridgehead atoms. The molecule has 0 aromatic carbocycles. The quantitative estimate of drug-likeness (QED) is 0.310. The Balaban J connectivity index is 3.63. The normalized spacial score (nSPS) is 8.11. The third-order valence-electron chi connectivity index (χ3n) is 0.402. The van der Waals surface area contributed by atoms with E-state index in [2.05, 4.69) is 11.5 Å². The van der Waals surface area contributed by atoms with Gasteiger partial charge < -0.3 is 11.5 Å². The predicted molar refractivity (Wildman–Crippen MR) is 30.0 cm³/mol. The van der Waals surface area contributed by atoms with Gasteiger partial charge in [0.15, 0.2) is 0 Å². The first-order valence-corrected chi connectivity index (χ1v) is 2.19. The van der Waals surface area contributed by atoms with Crippen LogP contribution < -0.4 is 16.9 Å². The van der Waals surface area contributed by atoms with Gasteiger partial charge in [0.05, 0.1) is 0 Å². The maximum atomic E-state index is 9.98. The number of primary amides is 2. The first-order chi connectivity index (χ1) is 4.04. The standard InChI is InChI=1S/C2H5ClN4O2/c3-7(2(5)9)6-1(4)8/h(H2,5,9)(H3,4,6,8). The number of hydrogen-bond acceptors (Lipinski definition) is 2. The van der Waals surface area contributed by atoms with Crippen LogP contribution in [0.15, 0.2) is 0 Å². The Hall–Kier alpha value is -1.17. The van der Waals surface area contributed by atoms with Crippen LogP contribution in [0.2, 0.25) is 0 Å². The van der Waals surface area contributed by atoms with E-state index in [0.717, 1.165) is 0 Å². The third-order valence-corrected chi connectivity index (χ3v) is 0.653. The second-order valence-corrected chi connectivity index (χ2v) is 1.43. The van der Waals surface area contributed by atoms with Crippen LogP contribution in [-0.2, 0) is 0 Å². The molecule has 0 atom stereocenters. The van der Waals surface area contributed by atoms with Crippen LogP contribution in [0.1, 0.15) is 0 Å². The van der Waals surface area contributed by atoms with Gasteiger partial charge in [-0.2, -0.15) is 0 Å². The van der Waals surface area contributed by atoms with Gasteiger partial charge in [-0.25, -0.2) is 15.0 Å². The molecular weight excluding hydrogens is 148 g/mol. The number of urea groups is 2. The SMILES string of the molecule is NC(=O)NN(Cl)C(N)=O. The van der Waals surface area contributed by atoms with E-state index >= 15 is 0 Å². The zero-order chi connectivity index (χ0) is 7.44. The molecule has 0 heterocycles. The summed E-state index contributed by atoms with van der Waals surface area (Å²) in [6, 6.07) is -1.96. The van der Waals surface area contributed by atoms with E-state index in [1.807, 2.05) is 0 Å². The van der Waals surface area contributed by atoms with E-state index in [4.69, 9.17) is 11.8 Å². The van der Waals surface area contributed by atoms with Gasteiger partial charge in [0.25, 0.3) is 0 Å². The van der Waals surface area contributed by atoms with Gasteiger partial charge in [0, 0.05) is 11.8 Å². The summed E-state index contributed by atoms with van der Waals surface area (Å²) >= 11 is 4.96. The van der Waals surface area contributed by atoms with Crippen LogP contribution in [0.3, 0.4) is 0 Å². The molecule has 7 heteroatoms. The molecule has 0 aliphatic carbocycles. The maximum Gasteiger partial charge on any atom is 0.349 e. The highest BCUT2D eigenvalue weighted by molar-refractivity contribution is 6.21. The summed E-state index contributed by atoms with van der Waals surface area (Å²) < 4.78 is 0.252. The van der Waals surface area contributed by atoms with Crippen molar-refractivity contribution in [3.63, 3.8) is 0 Å². The van der Waals surface area contributed by atoms with Crippen molar-refractivity contribution < 1.29 is 9.59 Å². The number of nitrogens with zero attached hydrogens (tertiary/aromatic N) is 1. The molecular formula is C2H5ClN4O2. The minimum absolute atomic E-state index is 0.252. The third kappa shape index (κ3) is 3.42. The molecule has 0 aromatic rings. The summed E-state index contributed by atoms with van der Waals surface area (Å²) in [5.41, 5.74) is 10.8. The average molecular weight is 153 g/mol. The van der Waals surface area contributed by atoms with E-state index in [9.17, 15) is 9.59 Å². The van der Waals surface area contributed by atoms with Crippen molar-refractivity contribution in [2.75, 3.05) is 0 Å². The van der Waals surface area contributed by atoms with Crippen molar-refractivity contribution in [1.82, 2.24) is 9.95 Å². The van der Waals surface area contributed by atoms with E-state index in [1.54, 1.807) is 5.43 Å². The van der Waals surface area contributed by atoms with E-state index in [1.165, 1.54) is 0 Å². The molecule has 0 spiro atoms. The molecule has 0 aliphatic heterocycles. The fraction of sp³-hybridized carbons (Fsp3) is 0. The Morgan fingerprint density at radius 1 is 1.44 bits per heavy atom. The van der Waals surface area contributed by atoms with Gasteiger partial charge in [0.2, 0.25) is 0 Å². The molecule has 0 rings (SSSR count). The molecule has 0 fully saturated rings. The Bertz CT molecular complexity index is 137. The number of carbonyl (C=O) groups excluding carboxylic acids is 2. The largest absolute Gasteiger partial charge is 0.350 e. The van der Waals surface area contributed by atoms with Crippen LogP contribution in [0, 0.1) is 0 Å². The average Bonchev–Trinajstić information content (AvgIpc) is 1.63. The topological polar surface area (TPSA) is 101 Å². The molecule has 52 valence electrons. The minimum Gasteiger partial charge on any atom is -0.350 e. The highest BCUT2D eigenvalue weighted by Gasteiger charge is 2.05. The molecule has 9 heavy (non-hydrogen) atoms. The van der Waals surface area contributed by atoms with Crippen LogP contribution in [-0.4, -0.2) is 16.6 Å². The number of amides is 4. The number of rotatable bonds is 0. The van der Waals surface area contributed by atoms with E-state index in [-0.39, 0.29) is 4.53 Å². The molecule has 0 unspecified atom stereocenters. The highest BCUT2D eigenvalue weighted by atomic mass is 35.5. The van der Waals surface area contributed by atoms with Crippen molar-refractivity contribution in [3.8, 4) is 0 Å². The number of nitrogens with two attached hydrogens (primary N) is 2. The van der Waals surface area contributed by atoms with Crippen LogP contribution in [0.25, 0.3) is 0 Å². The Morgan fingerprint density at radius 3 is 2.00 bits per heavy atom. The molecule has 0 saturated carbocycles. The van der Waals surface area contributed by atoms with Gasteiger partial charge in [0.1, 0.15) is 0 Å². The lowest BCUT2D eigenvalue weighted by molar-refractivity contribution is 0.212. The first kappa shape index (κ1) is 7.83. The van der Waals surface area contributed by atoms with Gasteiger partial charge >= 0.3 is 12.1 Å². The molecule has 0 radical (unpaired) electrons. The summed E-state index contributed by atoms with van der Waals surface area (Å²) in [5.74, 6) is 0. The van der Waals surface area contributed by atoms with Gasteiger partial charge in [-0.05, 0) is 0 Å². The summed E-state index contributed by atoms with van der Waals surface area (Å²) in [4.78, 5) is 19.9. The lowest BCUT2D eigenvalue weighted by Gasteiger charge is -2.08. The van der Waals surface area contributed by atoms with Crippen molar-refractivity contribution in [2.45, 2.75) is 0 Å². The fourth-order valence-corrected chi connectivity index (χ4v) is 0.235. The number of nitrogens with one attached hydrogen (secondary N) is 1. The molecule has 4 amide bonds. The lowest BCUT2D eigenvalue weighted by atomic mass is 11.1. The second kappa shape index (κ2) is 2.98. The Labute approximate surface area is 55.8 Å². The number of hydrazine groups is 1. The molecule has 0 aliphatic rings. The molecule has 5 N–H and O–H groups in total. The molecule has 0 saturated heterocycles. The Morgan fingerprint density at radius 2 is 1.89 bits per heavy atom. The second-order valence-electron chi connectivity index (χ2n) is 1.10. The number of hydrogen-bond donors (Lipinski definition) is 3. The zero-order valence-electron chi connectivity index (χ0n) is 4.30. The van der Waals surface area contributed by atoms with Crippen LogP contribution in [0.4, 0.5) is 9.59 Å². The molecule has 6 nitrogen and oxygen atoms in total. The summed E-state index contributed by atoms with van der Waals surface area (Å²) in [5, 5.41) is 0. The monoisotopic (exact) mass is 152 g/mol. The summed E-state index contributed by atoms with van der Waals surface area (Å²) in [6.45, 7) is 0. The summed E-state index contributed by atoms with van der Waals surface area (Å²) in [7, 11) is 0. The fourth-order valence-electron chi connectivity index (χ4n) is 0.152. The number of halogens is 1. The predicted octanol–water partition coefficient (Wildman–Crippen LogP) is -0.896. The zero-order valence-corrected chi connectivity index (χ0v) is 5.05. The maximum absolute atomic E-state index is 9.98. The highest BCUT2D eigenvalue weighted by Crippen LogP contribution is 1.83. The van der Waals surface area contributed by atoms with E-state index < -0.39 is 12.1 Å². The summed E-state index contributed by atoms with van der Waals surface area (Å²) in [6.07, 6.45) is 0. The number of carbonyl (C=O) groups is 2. The van der Waals surface area contributed by atoms with Crippen molar-refractivity contribution >= 4 is 23.8 Å². The van der Waals surface area contributed by atoms with Crippen LogP contribution >= 0.6 is 11.8 Å². The van der Waals surface area contributed by atoms with Gasteiger partial charge in [-0.15, -0.1) is 4.53 Å². The van der Waals surface area contributed by atoms with Gasteiger partial charge in [-0.3, -0.25) is 0 Å². The first-order valence-electron chi connectivity index (χ1n) is 1.85. The molecule has 0 aromatic heterocycles. The van der Waals surface area contributed by atoms with Crippen LogP contribution in [0.5, 0.6) is 0 Å². The lowest BCUT2D eigenvalue weighted by Crippen LogP contribution is -2.44. The van der Waals surface area contributed by atoms with Crippen molar-refractivity contribution in [2.24, 2.45) is 11.5 Å². The minimum atomic E-state index is -1.00. The van der Waals surface area contributed by atoms with Crippen molar-refractivity contribution in [1.29, 1.82) is 0 Å².